The van der Waals surface area contributed by atoms with Crippen molar-refractivity contribution in [2.45, 2.75) is 39.2 Å². The van der Waals surface area contributed by atoms with E-state index in [-0.39, 0.29) is 0 Å². The van der Waals surface area contributed by atoms with Crippen molar-refractivity contribution in [2.24, 2.45) is 5.10 Å². The standard InChI is InChI=1S/C19H26N6O3/c1-4-28-14-20-24-16(23-12-8-9-13-23)22-25(18(24)27)17(26)21-19(2,3)15-10-6-5-7-11-15/h5-7,10-11,14H,4,8-9,12-13H2,1-3H3,(H,21,26)/b20-14+. The molecule has 1 aromatic heterocycles. The van der Waals surface area contributed by atoms with Gasteiger partial charge in [-0.25, -0.2) is 9.59 Å². The van der Waals surface area contributed by atoms with Crippen molar-refractivity contribution in [3.8, 4) is 0 Å². The van der Waals surface area contributed by atoms with Gasteiger partial charge in [-0.15, -0.1) is 19.6 Å². The molecular formula is C19H26N6O3. The zero-order chi connectivity index (χ0) is 20.1. The van der Waals surface area contributed by atoms with E-state index in [2.05, 4.69) is 15.5 Å². The molecule has 1 aliphatic heterocycles. The number of ether oxygens (including phenoxy) is 1. The lowest BCUT2D eigenvalue weighted by Crippen LogP contribution is -2.46. The van der Waals surface area contributed by atoms with Crippen LogP contribution in [0, 0.1) is 0 Å². The third kappa shape index (κ3) is 4.08. The molecule has 1 saturated heterocycles. The van der Waals surface area contributed by atoms with Gasteiger partial charge in [0.15, 0.2) is 6.40 Å². The van der Waals surface area contributed by atoms with Crippen LogP contribution in [-0.4, -0.2) is 46.6 Å². The fourth-order valence-corrected chi connectivity index (χ4v) is 3.10. The van der Waals surface area contributed by atoms with Crippen LogP contribution >= 0.6 is 0 Å². The quantitative estimate of drug-likeness (QED) is 0.605. The van der Waals surface area contributed by atoms with Gasteiger partial charge in [0.05, 0.1) is 12.1 Å². The highest BCUT2D eigenvalue weighted by molar-refractivity contribution is 5.76. The molecule has 150 valence electrons. The maximum absolute atomic E-state index is 12.8. The molecule has 1 N–H and O–H groups in total. The van der Waals surface area contributed by atoms with E-state index in [9.17, 15) is 9.59 Å². The summed E-state index contributed by atoms with van der Waals surface area (Å²) in [4.78, 5) is 27.6. The van der Waals surface area contributed by atoms with Gasteiger partial charge in [-0.2, -0.15) is 0 Å². The van der Waals surface area contributed by atoms with Crippen molar-refractivity contribution in [3.63, 3.8) is 0 Å². The topological polar surface area (TPSA) is 93.8 Å². The number of nitrogens with zero attached hydrogens (tertiary/aromatic N) is 5. The summed E-state index contributed by atoms with van der Waals surface area (Å²) in [7, 11) is 0. The van der Waals surface area contributed by atoms with Gasteiger partial charge in [-0.1, -0.05) is 30.3 Å². The summed E-state index contributed by atoms with van der Waals surface area (Å²) in [6, 6.07) is 8.94. The molecule has 0 bridgehead atoms. The highest BCUT2D eigenvalue weighted by atomic mass is 16.5. The molecule has 0 spiro atoms. The van der Waals surface area contributed by atoms with E-state index in [1.807, 2.05) is 56.0 Å². The lowest BCUT2D eigenvalue weighted by atomic mass is 9.95. The van der Waals surface area contributed by atoms with Crippen molar-refractivity contribution in [1.29, 1.82) is 0 Å². The summed E-state index contributed by atoms with van der Waals surface area (Å²) >= 11 is 0. The first-order valence-corrected chi connectivity index (χ1v) is 9.43. The van der Waals surface area contributed by atoms with Crippen molar-refractivity contribution >= 4 is 18.4 Å². The summed E-state index contributed by atoms with van der Waals surface area (Å²) in [5.74, 6) is 0.339. The van der Waals surface area contributed by atoms with E-state index >= 15 is 0 Å². The molecule has 2 heterocycles. The number of hydrogen-bond donors (Lipinski definition) is 1. The number of benzene rings is 1. The average Bonchev–Trinajstić information content (AvgIpc) is 3.31. The number of carbonyl (C=O) groups is 1. The number of nitrogens with one attached hydrogen (secondary N) is 1. The van der Waals surface area contributed by atoms with Crippen molar-refractivity contribution in [3.05, 3.63) is 46.4 Å². The first-order chi connectivity index (χ1) is 13.4. The molecular weight excluding hydrogens is 360 g/mol. The van der Waals surface area contributed by atoms with Gasteiger partial charge in [0.1, 0.15) is 0 Å². The van der Waals surface area contributed by atoms with Gasteiger partial charge in [0.2, 0.25) is 5.95 Å². The second-order valence-corrected chi connectivity index (χ2v) is 7.10. The first kappa shape index (κ1) is 19.7. The van der Waals surface area contributed by atoms with Crippen molar-refractivity contribution < 1.29 is 9.53 Å². The van der Waals surface area contributed by atoms with Crippen LogP contribution < -0.4 is 15.9 Å². The molecule has 0 aliphatic carbocycles. The number of aromatic nitrogens is 3. The van der Waals surface area contributed by atoms with Crippen LogP contribution in [0.5, 0.6) is 0 Å². The van der Waals surface area contributed by atoms with Crippen LogP contribution in [-0.2, 0) is 10.3 Å². The summed E-state index contributed by atoms with van der Waals surface area (Å²) in [5.41, 5.74) is -0.395. The van der Waals surface area contributed by atoms with Gasteiger partial charge in [-0.05, 0) is 39.2 Å². The Morgan fingerprint density at radius 2 is 1.96 bits per heavy atom. The summed E-state index contributed by atoms with van der Waals surface area (Å²) in [5, 5.41) is 11.2. The Morgan fingerprint density at radius 1 is 1.29 bits per heavy atom. The number of carbonyl (C=O) groups excluding carboxylic acids is 1. The second kappa shape index (κ2) is 8.28. The molecule has 0 saturated carbocycles. The minimum Gasteiger partial charge on any atom is -0.482 e. The maximum Gasteiger partial charge on any atom is 0.377 e. The summed E-state index contributed by atoms with van der Waals surface area (Å²) < 4.78 is 7.04. The molecule has 0 atom stereocenters. The monoisotopic (exact) mass is 386 g/mol. The molecule has 1 amide bonds. The molecule has 2 aromatic rings. The van der Waals surface area contributed by atoms with Gasteiger partial charge in [0.25, 0.3) is 0 Å². The van der Waals surface area contributed by atoms with E-state index in [1.165, 1.54) is 6.40 Å². The third-order valence-corrected chi connectivity index (χ3v) is 4.64. The van der Waals surface area contributed by atoms with E-state index in [0.29, 0.717) is 12.6 Å². The van der Waals surface area contributed by atoms with Crippen LogP contribution in [0.3, 0.4) is 0 Å². The fourth-order valence-electron chi connectivity index (χ4n) is 3.10. The molecule has 1 aromatic carbocycles. The Labute approximate surface area is 163 Å². The Kier molecular flexibility index (Phi) is 5.81. The minimum atomic E-state index is -0.677. The second-order valence-electron chi connectivity index (χ2n) is 7.10. The smallest absolute Gasteiger partial charge is 0.377 e. The van der Waals surface area contributed by atoms with E-state index < -0.39 is 17.3 Å². The van der Waals surface area contributed by atoms with Gasteiger partial charge in [0, 0.05) is 13.1 Å². The molecule has 1 fully saturated rings. The maximum atomic E-state index is 12.8. The normalized spacial score (nSPS) is 14.6. The van der Waals surface area contributed by atoms with Crippen molar-refractivity contribution in [2.75, 3.05) is 24.6 Å². The minimum absolute atomic E-state index is 0.339. The Balaban J connectivity index is 1.91. The van der Waals surface area contributed by atoms with Gasteiger partial charge in [-0.3, -0.25) is 0 Å². The Bertz CT molecular complexity index is 894. The Hall–Kier alpha value is -3.10. The number of hydrogen-bond acceptors (Lipinski definition) is 6. The first-order valence-electron chi connectivity index (χ1n) is 9.43. The van der Waals surface area contributed by atoms with Crippen LogP contribution in [0.4, 0.5) is 10.7 Å². The molecule has 1 aliphatic rings. The van der Waals surface area contributed by atoms with E-state index in [0.717, 1.165) is 40.9 Å². The largest absolute Gasteiger partial charge is 0.482 e. The number of anilines is 1. The predicted octanol–water partition coefficient (Wildman–Crippen LogP) is 1.97. The van der Waals surface area contributed by atoms with Gasteiger partial charge >= 0.3 is 11.7 Å². The van der Waals surface area contributed by atoms with Gasteiger partial charge < -0.3 is 15.0 Å². The molecule has 0 unspecified atom stereocenters. The predicted molar refractivity (Wildman–Crippen MR) is 107 cm³/mol. The lowest BCUT2D eigenvalue weighted by Gasteiger charge is -2.26. The lowest BCUT2D eigenvalue weighted by molar-refractivity contribution is 0.227. The summed E-state index contributed by atoms with van der Waals surface area (Å²) in [6.45, 7) is 7.51. The molecule has 9 heteroatoms. The molecule has 3 rings (SSSR count). The Morgan fingerprint density at radius 3 is 2.61 bits per heavy atom. The molecule has 28 heavy (non-hydrogen) atoms. The van der Waals surface area contributed by atoms with Crippen molar-refractivity contribution in [1.82, 2.24) is 19.8 Å². The van der Waals surface area contributed by atoms with Crippen LogP contribution in [0.25, 0.3) is 0 Å². The fraction of sp³-hybridized carbons (Fsp3) is 0.474. The molecule has 0 radical (unpaired) electrons. The van der Waals surface area contributed by atoms with E-state index in [1.54, 1.807) is 0 Å². The van der Waals surface area contributed by atoms with Crippen LogP contribution in [0.1, 0.15) is 39.2 Å². The zero-order valence-electron chi connectivity index (χ0n) is 16.5. The van der Waals surface area contributed by atoms with Crippen LogP contribution in [0.2, 0.25) is 0 Å². The molecule has 9 nitrogen and oxygen atoms in total. The highest BCUT2D eigenvalue weighted by Gasteiger charge is 2.28. The SMILES string of the molecule is CCO/C=N/n1c(N2CCCC2)nn(C(=O)NC(C)(C)c2ccccc2)c1=O. The highest BCUT2D eigenvalue weighted by Crippen LogP contribution is 2.20. The van der Waals surface area contributed by atoms with E-state index in [4.69, 9.17) is 4.74 Å². The third-order valence-electron chi connectivity index (χ3n) is 4.64. The number of rotatable bonds is 6. The zero-order valence-corrected chi connectivity index (χ0v) is 16.5. The average molecular weight is 386 g/mol. The summed E-state index contributed by atoms with van der Waals surface area (Å²) in [6.07, 6.45) is 3.20. The van der Waals surface area contributed by atoms with Crippen LogP contribution in [0.15, 0.2) is 40.2 Å². The number of amides is 1.